The van der Waals surface area contributed by atoms with Gasteiger partial charge in [-0.15, -0.1) is 0 Å². The summed E-state index contributed by atoms with van der Waals surface area (Å²) in [5.74, 6) is -0.471. The van der Waals surface area contributed by atoms with Gasteiger partial charge in [0.05, 0.1) is 5.52 Å². The summed E-state index contributed by atoms with van der Waals surface area (Å²) in [6.45, 7) is 0. The van der Waals surface area contributed by atoms with Crippen LogP contribution in [0.5, 0.6) is 0 Å². The molecule has 0 saturated heterocycles. The Labute approximate surface area is 91.2 Å². The molecule has 1 nitrogen and oxygen atoms in total. The summed E-state index contributed by atoms with van der Waals surface area (Å²) in [4.78, 5) is 3.76. The topological polar surface area (TPSA) is 12.9 Å². The van der Waals surface area contributed by atoms with Gasteiger partial charge in [0.15, 0.2) is 0 Å². The molecule has 0 aliphatic carbocycles. The fourth-order valence-corrected chi connectivity index (χ4v) is 1.99. The number of aromatic nitrogens is 1. The maximum absolute atomic E-state index is 12.8. The van der Waals surface area contributed by atoms with Gasteiger partial charge in [0.25, 0.3) is 0 Å². The second-order valence-electron chi connectivity index (χ2n) is 2.59. The van der Waals surface area contributed by atoms with Crippen molar-refractivity contribution in [2.75, 3.05) is 0 Å². The number of benzene rings is 1. The van der Waals surface area contributed by atoms with Crippen molar-refractivity contribution in [1.29, 1.82) is 0 Å². The molecule has 0 aliphatic rings. The van der Waals surface area contributed by atoms with Crippen molar-refractivity contribution < 1.29 is 4.39 Å². The molecule has 0 bridgehead atoms. The molecule has 0 N–H and O–H groups in total. The van der Waals surface area contributed by atoms with E-state index in [0.29, 0.717) is 5.52 Å². The molecule has 2 aromatic rings. The molecule has 1 aromatic heterocycles. The lowest BCUT2D eigenvalue weighted by atomic mass is 10.2. The summed E-state index contributed by atoms with van der Waals surface area (Å²) < 4.78 is 14.5. The quantitative estimate of drug-likeness (QED) is 0.673. The van der Waals surface area contributed by atoms with Crippen LogP contribution in [0, 0.1) is 5.95 Å². The minimum atomic E-state index is -0.471. The van der Waals surface area contributed by atoms with E-state index in [1.165, 1.54) is 6.07 Å². The minimum Gasteiger partial charge on any atom is -0.220 e. The lowest BCUT2D eigenvalue weighted by molar-refractivity contribution is 0.588. The van der Waals surface area contributed by atoms with E-state index >= 15 is 0 Å². The smallest absolute Gasteiger partial charge is 0.214 e. The first-order valence-electron chi connectivity index (χ1n) is 3.58. The second kappa shape index (κ2) is 3.35. The van der Waals surface area contributed by atoms with Crippen LogP contribution in [0.25, 0.3) is 10.9 Å². The van der Waals surface area contributed by atoms with Gasteiger partial charge in [-0.1, -0.05) is 15.9 Å². The highest BCUT2D eigenvalue weighted by Crippen LogP contribution is 2.25. The summed E-state index contributed by atoms with van der Waals surface area (Å²) in [7, 11) is 0. The van der Waals surface area contributed by atoms with Crippen LogP contribution < -0.4 is 0 Å². The lowest BCUT2D eigenvalue weighted by Gasteiger charge is -2.00. The summed E-state index contributed by atoms with van der Waals surface area (Å²) in [5, 5.41) is 0.899. The van der Waals surface area contributed by atoms with Crippen LogP contribution in [0.2, 0.25) is 0 Å². The van der Waals surface area contributed by atoms with Gasteiger partial charge in [-0.25, -0.2) is 4.98 Å². The van der Waals surface area contributed by atoms with E-state index in [9.17, 15) is 4.39 Å². The molecule has 0 aliphatic heterocycles. The highest BCUT2D eigenvalue weighted by atomic mass is 79.9. The maximum atomic E-state index is 12.8. The summed E-state index contributed by atoms with van der Waals surface area (Å²) in [5.41, 5.74) is 0.648. The van der Waals surface area contributed by atoms with E-state index in [2.05, 4.69) is 36.8 Å². The Hall–Kier alpha value is -0.480. The molecule has 4 heteroatoms. The third-order valence-electron chi connectivity index (χ3n) is 1.69. The van der Waals surface area contributed by atoms with Gasteiger partial charge in [-0.05, 0) is 34.1 Å². The molecule has 0 amide bonds. The maximum Gasteiger partial charge on any atom is 0.214 e. The zero-order valence-corrected chi connectivity index (χ0v) is 9.56. The third-order valence-corrected chi connectivity index (χ3v) is 2.84. The van der Waals surface area contributed by atoms with Gasteiger partial charge in [-0.3, -0.25) is 0 Å². The SMILES string of the molecule is Fc1cc(Br)c2cc(Br)ccc2n1. The largest absolute Gasteiger partial charge is 0.220 e. The van der Waals surface area contributed by atoms with E-state index in [1.54, 1.807) is 6.07 Å². The van der Waals surface area contributed by atoms with Crippen LogP contribution in [0.4, 0.5) is 4.39 Å². The van der Waals surface area contributed by atoms with Gasteiger partial charge < -0.3 is 0 Å². The molecule has 0 atom stereocenters. The molecule has 0 spiro atoms. The Morgan fingerprint density at radius 2 is 1.92 bits per heavy atom. The fourth-order valence-electron chi connectivity index (χ4n) is 1.13. The molecule has 1 aromatic carbocycles. The number of halogens is 3. The van der Waals surface area contributed by atoms with Crippen molar-refractivity contribution in [2.45, 2.75) is 0 Å². The summed E-state index contributed by atoms with van der Waals surface area (Å²) in [6.07, 6.45) is 0. The number of hydrogen-bond donors (Lipinski definition) is 0. The van der Waals surface area contributed by atoms with Crippen molar-refractivity contribution in [1.82, 2.24) is 4.98 Å². The highest BCUT2D eigenvalue weighted by molar-refractivity contribution is 9.11. The minimum absolute atomic E-state index is 0.471. The van der Waals surface area contributed by atoms with Crippen molar-refractivity contribution >= 4 is 42.8 Å². The van der Waals surface area contributed by atoms with Crippen molar-refractivity contribution in [3.63, 3.8) is 0 Å². The number of rotatable bonds is 0. The number of hydrogen-bond acceptors (Lipinski definition) is 1. The van der Waals surface area contributed by atoms with Gasteiger partial charge in [0, 0.05) is 20.4 Å². The van der Waals surface area contributed by atoms with Crippen LogP contribution >= 0.6 is 31.9 Å². The van der Waals surface area contributed by atoms with Crippen LogP contribution in [0.3, 0.4) is 0 Å². The summed E-state index contributed by atoms with van der Waals surface area (Å²) in [6, 6.07) is 6.86. The molecule has 1 heterocycles. The van der Waals surface area contributed by atoms with Crippen molar-refractivity contribution in [3.8, 4) is 0 Å². The van der Waals surface area contributed by atoms with E-state index < -0.39 is 5.95 Å². The van der Waals surface area contributed by atoms with E-state index in [1.807, 2.05) is 12.1 Å². The van der Waals surface area contributed by atoms with Crippen LogP contribution in [0.1, 0.15) is 0 Å². The van der Waals surface area contributed by atoms with Crippen molar-refractivity contribution in [3.05, 3.63) is 39.2 Å². The molecule has 0 saturated carbocycles. The molecule has 2 rings (SSSR count). The molecule has 0 unspecified atom stereocenters. The van der Waals surface area contributed by atoms with E-state index in [4.69, 9.17) is 0 Å². The number of nitrogens with zero attached hydrogens (tertiary/aromatic N) is 1. The monoisotopic (exact) mass is 303 g/mol. The first kappa shape index (κ1) is 9.09. The van der Waals surface area contributed by atoms with Gasteiger partial charge in [0.2, 0.25) is 5.95 Å². The molecular formula is C9H4Br2FN. The highest BCUT2D eigenvalue weighted by Gasteiger charge is 2.03. The van der Waals surface area contributed by atoms with E-state index in [0.717, 1.165) is 14.3 Å². The molecule has 0 radical (unpaired) electrons. The van der Waals surface area contributed by atoms with E-state index in [-0.39, 0.29) is 0 Å². The Morgan fingerprint density at radius 3 is 2.69 bits per heavy atom. The number of fused-ring (bicyclic) bond motifs is 1. The Kier molecular flexibility index (Phi) is 2.34. The van der Waals surface area contributed by atoms with Gasteiger partial charge in [0.1, 0.15) is 0 Å². The molecule has 13 heavy (non-hydrogen) atoms. The average Bonchev–Trinajstić information content (AvgIpc) is 2.06. The standard InChI is InChI=1S/C9H4Br2FN/c10-5-1-2-8-6(3-5)7(11)4-9(12)13-8/h1-4H. The Bertz CT molecular complexity index is 470. The molecule has 66 valence electrons. The van der Waals surface area contributed by atoms with Crippen LogP contribution in [-0.4, -0.2) is 4.98 Å². The first-order valence-corrected chi connectivity index (χ1v) is 5.17. The normalized spacial score (nSPS) is 10.7. The predicted molar refractivity (Wildman–Crippen MR) is 57.1 cm³/mol. The fraction of sp³-hybridized carbons (Fsp3) is 0. The Morgan fingerprint density at radius 1 is 1.15 bits per heavy atom. The molecular weight excluding hydrogens is 301 g/mol. The second-order valence-corrected chi connectivity index (χ2v) is 4.36. The van der Waals surface area contributed by atoms with Crippen LogP contribution in [0.15, 0.2) is 33.2 Å². The Balaban J connectivity index is 2.87. The number of pyridine rings is 1. The van der Waals surface area contributed by atoms with Crippen molar-refractivity contribution in [2.24, 2.45) is 0 Å². The zero-order chi connectivity index (χ0) is 9.42. The van der Waals surface area contributed by atoms with Gasteiger partial charge >= 0.3 is 0 Å². The van der Waals surface area contributed by atoms with Crippen LogP contribution in [-0.2, 0) is 0 Å². The van der Waals surface area contributed by atoms with Gasteiger partial charge in [-0.2, -0.15) is 4.39 Å². The zero-order valence-electron chi connectivity index (χ0n) is 6.39. The average molecular weight is 305 g/mol. The summed E-state index contributed by atoms with van der Waals surface area (Å²) >= 11 is 6.62. The molecule has 0 fully saturated rings. The third kappa shape index (κ3) is 1.74. The lowest BCUT2D eigenvalue weighted by Crippen LogP contribution is -1.85. The first-order chi connectivity index (χ1) is 6.16. The predicted octanol–water partition coefficient (Wildman–Crippen LogP) is 3.90.